The van der Waals surface area contributed by atoms with Crippen molar-refractivity contribution in [2.45, 2.75) is 19.0 Å². The molecule has 2 rings (SSSR count). The van der Waals surface area contributed by atoms with E-state index in [1.54, 1.807) is 11.0 Å². The molecular weight excluding hydrogens is 329 g/mol. The highest BCUT2D eigenvalue weighted by Gasteiger charge is 2.31. The largest absolute Gasteiger partial charge is 0.464 e. The first-order valence-corrected chi connectivity index (χ1v) is 7.31. The monoisotopic (exact) mass is 346 g/mol. The molecule has 0 bridgehead atoms. The molecule has 1 fully saturated rings. The van der Waals surface area contributed by atoms with E-state index in [1.165, 1.54) is 13.2 Å². The first-order chi connectivity index (χ1) is 11.3. The Labute approximate surface area is 136 Å². The van der Waals surface area contributed by atoms with Crippen molar-refractivity contribution in [1.82, 2.24) is 15.5 Å². The molecule has 0 radical (unpaired) electrons. The number of carbonyl (C=O) groups excluding carboxylic acids is 2. The topological polar surface area (TPSA) is 84.4 Å². The summed E-state index contributed by atoms with van der Waals surface area (Å²) >= 11 is 0. The second-order valence-corrected chi connectivity index (χ2v) is 5.39. The highest BCUT2D eigenvalue weighted by atomic mass is 19.4. The zero-order chi connectivity index (χ0) is 17.7. The Hall–Kier alpha value is -2.39. The number of nitrogens with one attached hydrogen (secondary N) is 1. The molecule has 2 heterocycles. The van der Waals surface area contributed by atoms with Crippen LogP contribution >= 0.6 is 0 Å². The van der Waals surface area contributed by atoms with Crippen LogP contribution in [0.25, 0.3) is 0 Å². The van der Waals surface area contributed by atoms with Gasteiger partial charge in [-0.3, -0.25) is 4.79 Å². The van der Waals surface area contributed by atoms with E-state index < -0.39 is 30.5 Å². The van der Waals surface area contributed by atoms with Gasteiger partial charge in [0, 0.05) is 13.1 Å². The third-order valence-corrected chi connectivity index (χ3v) is 3.62. The Morgan fingerprint density at radius 3 is 2.71 bits per heavy atom. The number of amides is 1. The van der Waals surface area contributed by atoms with Crippen LogP contribution in [0.2, 0.25) is 0 Å². The van der Waals surface area contributed by atoms with Crippen molar-refractivity contribution in [2.24, 2.45) is 5.92 Å². The van der Waals surface area contributed by atoms with Gasteiger partial charge in [0.2, 0.25) is 5.91 Å². The van der Waals surface area contributed by atoms with Crippen molar-refractivity contribution in [2.75, 3.05) is 31.6 Å². The van der Waals surface area contributed by atoms with Crippen molar-refractivity contribution in [1.29, 1.82) is 0 Å². The first-order valence-electron chi connectivity index (χ1n) is 7.31. The van der Waals surface area contributed by atoms with Gasteiger partial charge in [-0.25, -0.2) is 4.79 Å². The van der Waals surface area contributed by atoms with E-state index in [0.29, 0.717) is 25.2 Å². The Kier molecular flexibility index (Phi) is 5.58. The van der Waals surface area contributed by atoms with Crippen LogP contribution in [0.3, 0.4) is 0 Å². The smallest absolute Gasteiger partial charge is 0.405 e. The number of nitrogens with zero attached hydrogens (tertiary/aromatic N) is 3. The summed E-state index contributed by atoms with van der Waals surface area (Å²) in [5.41, 5.74) is 0.0535. The van der Waals surface area contributed by atoms with E-state index in [9.17, 15) is 22.8 Å². The molecule has 1 aromatic rings. The summed E-state index contributed by atoms with van der Waals surface area (Å²) in [5, 5.41) is 9.57. The van der Waals surface area contributed by atoms with Crippen molar-refractivity contribution < 1.29 is 27.5 Å². The Bertz CT molecular complexity index is 592. The number of rotatable bonds is 4. The molecule has 132 valence electrons. The predicted molar refractivity (Wildman–Crippen MR) is 77.4 cm³/mol. The van der Waals surface area contributed by atoms with Crippen LogP contribution in [0.15, 0.2) is 12.1 Å². The lowest BCUT2D eigenvalue weighted by Crippen LogP contribution is -2.45. The minimum absolute atomic E-state index is 0.0535. The van der Waals surface area contributed by atoms with Gasteiger partial charge in [-0.2, -0.15) is 13.2 Å². The summed E-state index contributed by atoms with van der Waals surface area (Å²) in [5.74, 6) is -1.34. The van der Waals surface area contributed by atoms with Crippen LogP contribution in [-0.2, 0) is 9.53 Å². The highest BCUT2D eigenvalue weighted by Crippen LogP contribution is 2.22. The standard InChI is InChI=1S/C14H17F3N4O3/c1-24-13(23)10-4-5-11(20-19-10)21-6-2-3-9(7-21)12(22)18-8-14(15,16)17/h4-5,9H,2-3,6-8H2,1H3,(H,18,22). The number of ether oxygens (including phenoxy) is 1. The molecule has 0 saturated carbocycles. The minimum atomic E-state index is -4.43. The van der Waals surface area contributed by atoms with Crippen LogP contribution in [0, 0.1) is 5.92 Å². The highest BCUT2D eigenvalue weighted by molar-refractivity contribution is 5.87. The third kappa shape index (κ3) is 4.80. The van der Waals surface area contributed by atoms with Crippen LogP contribution in [0.5, 0.6) is 0 Å². The average Bonchev–Trinajstić information content (AvgIpc) is 2.58. The molecule has 1 saturated heterocycles. The fourth-order valence-electron chi connectivity index (χ4n) is 2.44. The second-order valence-electron chi connectivity index (χ2n) is 5.39. The molecule has 0 aromatic carbocycles. The van der Waals surface area contributed by atoms with Gasteiger partial charge in [-0.05, 0) is 25.0 Å². The summed E-state index contributed by atoms with van der Waals surface area (Å²) in [6, 6.07) is 3.01. The lowest BCUT2D eigenvalue weighted by Gasteiger charge is -2.32. The van der Waals surface area contributed by atoms with Gasteiger partial charge in [-0.15, -0.1) is 10.2 Å². The molecule has 0 aliphatic carbocycles. The van der Waals surface area contributed by atoms with Gasteiger partial charge in [-0.1, -0.05) is 0 Å². The molecule has 0 spiro atoms. The number of hydrogen-bond donors (Lipinski definition) is 1. The number of esters is 1. The van der Waals surface area contributed by atoms with Gasteiger partial charge < -0.3 is 15.0 Å². The molecule has 1 unspecified atom stereocenters. The van der Waals surface area contributed by atoms with Crippen molar-refractivity contribution in [3.05, 3.63) is 17.8 Å². The maximum absolute atomic E-state index is 12.2. The molecule has 24 heavy (non-hydrogen) atoms. The van der Waals surface area contributed by atoms with Crippen LogP contribution in [-0.4, -0.2) is 55.0 Å². The lowest BCUT2D eigenvalue weighted by atomic mass is 9.97. The Morgan fingerprint density at radius 1 is 1.38 bits per heavy atom. The minimum Gasteiger partial charge on any atom is -0.464 e. The van der Waals surface area contributed by atoms with E-state index in [4.69, 9.17) is 0 Å². The van der Waals surface area contributed by atoms with E-state index in [1.807, 2.05) is 5.32 Å². The molecule has 10 heteroatoms. The average molecular weight is 346 g/mol. The number of piperidine rings is 1. The molecule has 1 aromatic heterocycles. The number of methoxy groups -OCH3 is 1. The molecule has 1 aliphatic heterocycles. The number of hydrogen-bond acceptors (Lipinski definition) is 6. The lowest BCUT2D eigenvalue weighted by molar-refractivity contribution is -0.140. The molecular formula is C14H17F3N4O3. The zero-order valence-corrected chi connectivity index (χ0v) is 13.0. The summed E-state index contributed by atoms with van der Waals surface area (Å²) < 4.78 is 41.1. The molecule has 1 N–H and O–H groups in total. The number of carbonyl (C=O) groups is 2. The fraction of sp³-hybridized carbons (Fsp3) is 0.571. The molecule has 1 atom stereocenters. The van der Waals surface area contributed by atoms with Gasteiger partial charge in [0.1, 0.15) is 6.54 Å². The van der Waals surface area contributed by atoms with Crippen molar-refractivity contribution in [3.8, 4) is 0 Å². The van der Waals surface area contributed by atoms with Gasteiger partial charge in [0.15, 0.2) is 11.5 Å². The van der Waals surface area contributed by atoms with E-state index in [0.717, 1.165) is 0 Å². The van der Waals surface area contributed by atoms with Crippen LogP contribution in [0.4, 0.5) is 19.0 Å². The van der Waals surface area contributed by atoms with Crippen molar-refractivity contribution in [3.63, 3.8) is 0 Å². The predicted octanol–water partition coefficient (Wildman–Crippen LogP) is 1.16. The Morgan fingerprint density at radius 2 is 2.12 bits per heavy atom. The quantitative estimate of drug-likeness (QED) is 0.824. The number of aromatic nitrogens is 2. The number of anilines is 1. The van der Waals surface area contributed by atoms with Crippen LogP contribution in [0.1, 0.15) is 23.3 Å². The summed E-state index contributed by atoms with van der Waals surface area (Å²) in [6.45, 7) is -0.485. The normalized spacial score (nSPS) is 18.2. The second kappa shape index (κ2) is 7.45. The summed E-state index contributed by atoms with van der Waals surface area (Å²) in [4.78, 5) is 24.9. The van der Waals surface area contributed by atoms with Gasteiger partial charge in [0.05, 0.1) is 13.0 Å². The van der Waals surface area contributed by atoms with Crippen molar-refractivity contribution >= 4 is 17.7 Å². The molecule has 1 aliphatic rings. The van der Waals surface area contributed by atoms with Gasteiger partial charge >= 0.3 is 12.1 Å². The maximum atomic E-state index is 12.2. The first kappa shape index (κ1) is 18.0. The fourth-order valence-corrected chi connectivity index (χ4v) is 2.44. The number of halogens is 3. The summed E-state index contributed by atoms with van der Waals surface area (Å²) in [6.07, 6.45) is -3.28. The van der Waals surface area contributed by atoms with Crippen LogP contribution < -0.4 is 10.2 Å². The third-order valence-electron chi connectivity index (χ3n) is 3.62. The van der Waals surface area contributed by atoms with E-state index >= 15 is 0 Å². The SMILES string of the molecule is COC(=O)c1ccc(N2CCCC(C(=O)NCC(F)(F)F)C2)nn1. The van der Waals surface area contributed by atoms with E-state index in [-0.39, 0.29) is 12.2 Å². The Balaban J connectivity index is 1.97. The zero-order valence-electron chi connectivity index (χ0n) is 13.0. The maximum Gasteiger partial charge on any atom is 0.405 e. The molecule has 7 nitrogen and oxygen atoms in total. The summed E-state index contributed by atoms with van der Waals surface area (Å²) in [7, 11) is 1.23. The van der Waals surface area contributed by atoms with Gasteiger partial charge in [0.25, 0.3) is 0 Å². The molecule has 1 amide bonds. The number of alkyl halides is 3. The van der Waals surface area contributed by atoms with E-state index in [2.05, 4.69) is 14.9 Å².